The van der Waals surface area contributed by atoms with E-state index >= 15 is 0 Å². The van der Waals surface area contributed by atoms with E-state index in [1.54, 1.807) is 30.3 Å². The fraction of sp³-hybridized carbons (Fsp3) is 0.258. The minimum Gasteiger partial charge on any atom is -0.493 e. The molecule has 39 heavy (non-hydrogen) atoms. The van der Waals surface area contributed by atoms with Crippen molar-refractivity contribution in [2.24, 2.45) is 0 Å². The van der Waals surface area contributed by atoms with Crippen molar-refractivity contribution >= 4 is 17.9 Å². The number of benzene rings is 3. The zero-order chi connectivity index (χ0) is 28.0. The fourth-order valence-corrected chi connectivity index (χ4v) is 3.49. The predicted octanol–water partition coefficient (Wildman–Crippen LogP) is 5.97. The van der Waals surface area contributed by atoms with E-state index in [-0.39, 0.29) is 11.3 Å². The molecule has 3 rings (SSSR count). The summed E-state index contributed by atoms with van der Waals surface area (Å²) in [7, 11) is 1.49. The molecule has 0 radical (unpaired) electrons. The molecular formula is C31H32O8. The highest BCUT2D eigenvalue weighted by Crippen LogP contribution is 2.29. The number of esters is 3. The lowest BCUT2D eigenvalue weighted by Crippen LogP contribution is -2.10. The first-order chi connectivity index (χ1) is 18.9. The van der Waals surface area contributed by atoms with Crippen LogP contribution in [0.3, 0.4) is 0 Å². The molecule has 0 amide bonds. The first-order valence-corrected chi connectivity index (χ1v) is 12.7. The molecule has 0 spiro atoms. The summed E-state index contributed by atoms with van der Waals surface area (Å²) in [6.45, 7) is 6.18. The van der Waals surface area contributed by atoms with E-state index in [9.17, 15) is 14.4 Å². The van der Waals surface area contributed by atoms with E-state index in [2.05, 4.69) is 13.5 Å². The number of aryl methyl sites for hydroxylation is 1. The molecule has 0 aliphatic carbocycles. The van der Waals surface area contributed by atoms with Crippen LogP contribution in [0.25, 0.3) is 0 Å². The monoisotopic (exact) mass is 532 g/mol. The highest BCUT2D eigenvalue weighted by Gasteiger charge is 2.15. The Labute approximate surface area is 228 Å². The molecule has 3 aromatic carbocycles. The molecule has 0 bridgehead atoms. The molecular weight excluding hydrogens is 500 g/mol. The molecule has 0 atom stereocenters. The minimum atomic E-state index is -0.583. The summed E-state index contributed by atoms with van der Waals surface area (Å²) in [5.41, 5.74) is 1.76. The summed E-state index contributed by atoms with van der Waals surface area (Å²) >= 11 is 0. The number of unbranched alkanes of at least 4 members (excludes halogenated alkanes) is 2. The molecule has 0 fully saturated rings. The van der Waals surface area contributed by atoms with Crippen LogP contribution in [-0.4, -0.2) is 38.2 Å². The van der Waals surface area contributed by atoms with Gasteiger partial charge in [-0.15, -0.1) is 0 Å². The summed E-state index contributed by atoms with van der Waals surface area (Å²) < 4.78 is 26.9. The lowest BCUT2D eigenvalue weighted by atomic mass is 10.2. The third-order valence-corrected chi connectivity index (χ3v) is 5.70. The maximum Gasteiger partial charge on any atom is 0.343 e. The van der Waals surface area contributed by atoms with Crippen LogP contribution in [0.2, 0.25) is 0 Å². The van der Waals surface area contributed by atoms with Crippen molar-refractivity contribution in [2.75, 3.05) is 20.3 Å². The topological polar surface area (TPSA) is 97.4 Å². The Hall–Kier alpha value is -4.59. The van der Waals surface area contributed by atoms with Crippen molar-refractivity contribution in [3.8, 4) is 23.0 Å². The average Bonchev–Trinajstić information content (AvgIpc) is 2.97. The van der Waals surface area contributed by atoms with E-state index < -0.39 is 17.9 Å². The Bertz CT molecular complexity index is 1260. The zero-order valence-electron chi connectivity index (χ0n) is 22.1. The quantitative estimate of drug-likeness (QED) is 0.108. The Morgan fingerprint density at radius 1 is 0.744 bits per heavy atom. The van der Waals surface area contributed by atoms with Crippen molar-refractivity contribution in [1.29, 1.82) is 0 Å². The Morgan fingerprint density at radius 2 is 1.33 bits per heavy atom. The normalized spacial score (nSPS) is 10.3. The van der Waals surface area contributed by atoms with Gasteiger partial charge >= 0.3 is 17.9 Å². The highest BCUT2D eigenvalue weighted by atomic mass is 16.5. The SMILES string of the molecule is C=CC(=O)OCCCCCOc1ccc(C(=O)Oc2ccc(C(=O)Oc3ccc(CC)cc3)cc2)cc1OC. The van der Waals surface area contributed by atoms with Crippen LogP contribution in [0.15, 0.2) is 79.4 Å². The van der Waals surface area contributed by atoms with Gasteiger partial charge in [-0.05, 0) is 85.8 Å². The van der Waals surface area contributed by atoms with Gasteiger partial charge in [-0.1, -0.05) is 25.6 Å². The van der Waals surface area contributed by atoms with Gasteiger partial charge in [-0.3, -0.25) is 0 Å². The molecule has 0 saturated carbocycles. The van der Waals surface area contributed by atoms with Crippen molar-refractivity contribution in [3.05, 3.63) is 96.1 Å². The van der Waals surface area contributed by atoms with Gasteiger partial charge in [-0.25, -0.2) is 14.4 Å². The lowest BCUT2D eigenvalue weighted by Gasteiger charge is -2.12. The van der Waals surface area contributed by atoms with E-state index in [0.717, 1.165) is 37.3 Å². The largest absolute Gasteiger partial charge is 0.493 e. The van der Waals surface area contributed by atoms with Crippen LogP contribution in [0, 0.1) is 0 Å². The van der Waals surface area contributed by atoms with E-state index in [4.69, 9.17) is 23.7 Å². The number of hydrogen-bond donors (Lipinski definition) is 0. The Morgan fingerprint density at radius 3 is 1.95 bits per heavy atom. The second-order valence-electron chi connectivity index (χ2n) is 8.45. The zero-order valence-corrected chi connectivity index (χ0v) is 22.1. The summed E-state index contributed by atoms with van der Waals surface area (Å²) in [6.07, 6.45) is 4.34. The third-order valence-electron chi connectivity index (χ3n) is 5.70. The molecule has 0 aliphatic heterocycles. The molecule has 0 aromatic heterocycles. The van der Waals surface area contributed by atoms with Crippen LogP contribution in [0.5, 0.6) is 23.0 Å². The van der Waals surface area contributed by atoms with E-state index in [1.165, 1.54) is 31.4 Å². The van der Waals surface area contributed by atoms with Crippen molar-refractivity contribution < 1.29 is 38.1 Å². The first kappa shape index (κ1) is 29.0. The highest BCUT2D eigenvalue weighted by molar-refractivity contribution is 5.93. The van der Waals surface area contributed by atoms with Crippen molar-refractivity contribution in [3.63, 3.8) is 0 Å². The predicted molar refractivity (Wildman–Crippen MR) is 146 cm³/mol. The van der Waals surface area contributed by atoms with Gasteiger partial charge in [0, 0.05) is 6.08 Å². The van der Waals surface area contributed by atoms with Crippen LogP contribution in [0.1, 0.15) is 52.5 Å². The second kappa shape index (κ2) is 15.0. The molecule has 3 aromatic rings. The minimum absolute atomic E-state index is 0.280. The number of hydrogen-bond acceptors (Lipinski definition) is 8. The average molecular weight is 533 g/mol. The van der Waals surface area contributed by atoms with E-state index in [1.807, 2.05) is 12.1 Å². The lowest BCUT2D eigenvalue weighted by molar-refractivity contribution is -0.137. The maximum atomic E-state index is 12.7. The molecule has 8 nitrogen and oxygen atoms in total. The maximum absolute atomic E-state index is 12.7. The van der Waals surface area contributed by atoms with Gasteiger partial charge in [0.2, 0.25) is 0 Å². The molecule has 204 valence electrons. The van der Waals surface area contributed by atoms with Crippen LogP contribution in [0.4, 0.5) is 0 Å². The summed E-state index contributed by atoms with van der Waals surface area (Å²) in [5, 5.41) is 0. The van der Waals surface area contributed by atoms with Gasteiger partial charge in [0.05, 0.1) is 31.5 Å². The van der Waals surface area contributed by atoms with E-state index in [0.29, 0.717) is 36.0 Å². The standard InChI is InChI=1S/C31H32O8/c1-4-22-9-14-25(15-10-22)38-30(33)23-11-16-26(17-12-23)39-31(34)24-13-18-27(28(21-24)35-3)36-19-7-6-8-20-37-29(32)5-2/h5,9-18,21H,2,4,6-8,19-20H2,1,3H3. The first-order valence-electron chi connectivity index (χ1n) is 12.7. The van der Waals surface area contributed by atoms with Crippen molar-refractivity contribution in [1.82, 2.24) is 0 Å². The molecule has 8 heteroatoms. The second-order valence-corrected chi connectivity index (χ2v) is 8.45. The molecule has 0 aliphatic rings. The van der Waals surface area contributed by atoms with Crippen LogP contribution in [-0.2, 0) is 16.0 Å². The van der Waals surface area contributed by atoms with Gasteiger partial charge in [0.1, 0.15) is 11.5 Å². The number of methoxy groups -OCH3 is 1. The number of ether oxygens (including phenoxy) is 5. The third kappa shape index (κ3) is 9.03. The summed E-state index contributed by atoms with van der Waals surface area (Å²) in [5.74, 6) is 0.116. The van der Waals surface area contributed by atoms with Crippen LogP contribution < -0.4 is 18.9 Å². The molecule has 0 unspecified atom stereocenters. The number of carbonyl (C=O) groups excluding carboxylic acids is 3. The van der Waals surface area contributed by atoms with Gasteiger partial charge in [0.15, 0.2) is 11.5 Å². The number of carbonyl (C=O) groups is 3. The molecule has 0 heterocycles. The molecule has 0 saturated heterocycles. The van der Waals surface area contributed by atoms with Gasteiger partial charge < -0.3 is 23.7 Å². The smallest absolute Gasteiger partial charge is 0.343 e. The Kier molecular flexibility index (Phi) is 11.1. The molecule has 0 N–H and O–H groups in total. The fourth-order valence-electron chi connectivity index (χ4n) is 3.49. The Balaban J connectivity index is 1.49. The van der Waals surface area contributed by atoms with Gasteiger partial charge in [-0.2, -0.15) is 0 Å². The van der Waals surface area contributed by atoms with Crippen LogP contribution >= 0.6 is 0 Å². The summed E-state index contributed by atoms with van der Waals surface area (Å²) in [6, 6.07) is 18.2. The van der Waals surface area contributed by atoms with Crippen molar-refractivity contribution in [2.45, 2.75) is 32.6 Å². The number of rotatable bonds is 14. The summed E-state index contributed by atoms with van der Waals surface area (Å²) in [4.78, 5) is 36.1. The van der Waals surface area contributed by atoms with Gasteiger partial charge in [0.25, 0.3) is 0 Å².